The monoisotopic (exact) mass is 391 g/mol. The highest BCUT2D eigenvalue weighted by molar-refractivity contribution is 7.89. The number of ether oxygens (including phenoxy) is 1. The Morgan fingerprint density at radius 1 is 1.11 bits per heavy atom. The number of hydrogen-bond donors (Lipinski definition) is 0. The van der Waals surface area contributed by atoms with E-state index < -0.39 is 15.8 Å². The van der Waals surface area contributed by atoms with Gasteiger partial charge in [0.25, 0.3) is 0 Å². The Morgan fingerprint density at radius 2 is 1.74 bits per heavy atom. The SMILES string of the molecule is COc1ccc(C(=O)C2CCN(S(=O)(=O)c3ccc(F)cc3C)CC2)cc1. The fraction of sp³-hybridized carbons (Fsp3) is 0.350. The summed E-state index contributed by atoms with van der Waals surface area (Å²) < 4.78 is 45.4. The van der Waals surface area contributed by atoms with Gasteiger partial charge in [0, 0.05) is 24.6 Å². The molecule has 1 heterocycles. The molecular formula is C20H22FNO4S. The quantitative estimate of drug-likeness (QED) is 0.733. The van der Waals surface area contributed by atoms with Gasteiger partial charge < -0.3 is 4.74 Å². The number of carbonyl (C=O) groups is 1. The number of methoxy groups -OCH3 is 1. The average molecular weight is 391 g/mol. The predicted molar refractivity (Wildman–Crippen MR) is 99.9 cm³/mol. The summed E-state index contributed by atoms with van der Waals surface area (Å²) in [6, 6.07) is 10.6. The average Bonchev–Trinajstić information content (AvgIpc) is 2.67. The zero-order valence-corrected chi connectivity index (χ0v) is 16.1. The number of ketones is 1. The topological polar surface area (TPSA) is 63.7 Å². The van der Waals surface area contributed by atoms with Gasteiger partial charge in [0.15, 0.2) is 5.78 Å². The van der Waals surface area contributed by atoms with E-state index in [9.17, 15) is 17.6 Å². The summed E-state index contributed by atoms with van der Waals surface area (Å²) in [6.07, 6.45) is 0.925. The van der Waals surface area contributed by atoms with Crippen LogP contribution in [-0.4, -0.2) is 38.7 Å². The number of halogens is 1. The number of piperidine rings is 1. The van der Waals surface area contributed by atoms with Gasteiger partial charge in [0.05, 0.1) is 12.0 Å². The minimum absolute atomic E-state index is 0.0210. The van der Waals surface area contributed by atoms with Gasteiger partial charge in [-0.25, -0.2) is 12.8 Å². The minimum atomic E-state index is -3.69. The van der Waals surface area contributed by atoms with Crippen molar-refractivity contribution in [3.8, 4) is 5.75 Å². The Hall–Kier alpha value is -2.25. The van der Waals surface area contributed by atoms with Crippen LogP contribution in [0.2, 0.25) is 0 Å². The standard InChI is InChI=1S/C20H22FNO4S/c1-14-13-17(21)5-8-19(14)27(24,25)22-11-9-16(10-12-22)20(23)15-3-6-18(26-2)7-4-15/h3-8,13,16H,9-12H2,1-2H3. The molecule has 5 nitrogen and oxygen atoms in total. The van der Waals surface area contributed by atoms with Gasteiger partial charge in [-0.3, -0.25) is 4.79 Å². The first-order chi connectivity index (χ1) is 12.8. The van der Waals surface area contributed by atoms with Crippen molar-refractivity contribution in [2.45, 2.75) is 24.7 Å². The largest absolute Gasteiger partial charge is 0.497 e. The summed E-state index contributed by atoms with van der Waals surface area (Å²) in [4.78, 5) is 12.8. The number of hydrogen-bond acceptors (Lipinski definition) is 4. The molecule has 0 saturated carbocycles. The van der Waals surface area contributed by atoms with E-state index in [0.29, 0.717) is 29.7 Å². The van der Waals surface area contributed by atoms with Crippen LogP contribution in [-0.2, 0) is 10.0 Å². The van der Waals surface area contributed by atoms with Crippen molar-refractivity contribution >= 4 is 15.8 Å². The second-order valence-corrected chi connectivity index (χ2v) is 8.59. The van der Waals surface area contributed by atoms with Crippen LogP contribution in [0.5, 0.6) is 5.75 Å². The first-order valence-electron chi connectivity index (χ1n) is 8.77. The summed E-state index contributed by atoms with van der Waals surface area (Å²) in [5.41, 5.74) is 0.984. The van der Waals surface area contributed by atoms with E-state index in [1.54, 1.807) is 38.3 Å². The van der Waals surface area contributed by atoms with Crippen LogP contribution in [0.3, 0.4) is 0 Å². The maximum atomic E-state index is 13.3. The lowest BCUT2D eigenvalue weighted by atomic mass is 9.89. The Bertz CT molecular complexity index is 933. The normalized spacial score (nSPS) is 16.3. The number of aryl methyl sites for hydroxylation is 1. The lowest BCUT2D eigenvalue weighted by molar-refractivity contribution is 0.0875. The van der Waals surface area contributed by atoms with Crippen molar-refractivity contribution in [3.05, 3.63) is 59.4 Å². The van der Waals surface area contributed by atoms with Crippen LogP contribution >= 0.6 is 0 Å². The predicted octanol–water partition coefficient (Wildman–Crippen LogP) is 3.43. The number of carbonyl (C=O) groups excluding carboxylic acids is 1. The summed E-state index contributed by atoms with van der Waals surface area (Å²) in [6.45, 7) is 2.12. The molecule has 0 N–H and O–H groups in total. The minimum Gasteiger partial charge on any atom is -0.497 e. The molecule has 3 rings (SSSR count). The van der Waals surface area contributed by atoms with E-state index in [1.807, 2.05) is 0 Å². The van der Waals surface area contributed by atoms with Crippen molar-refractivity contribution in [3.63, 3.8) is 0 Å². The molecule has 144 valence electrons. The molecule has 27 heavy (non-hydrogen) atoms. The fourth-order valence-corrected chi connectivity index (χ4v) is 5.07. The Kier molecular flexibility index (Phi) is 5.62. The fourth-order valence-electron chi connectivity index (χ4n) is 3.39. The van der Waals surface area contributed by atoms with E-state index in [2.05, 4.69) is 0 Å². The number of sulfonamides is 1. The van der Waals surface area contributed by atoms with E-state index in [-0.39, 0.29) is 29.7 Å². The zero-order valence-electron chi connectivity index (χ0n) is 15.3. The first-order valence-corrected chi connectivity index (χ1v) is 10.2. The molecule has 1 fully saturated rings. The highest BCUT2D eigenvalue weighted by atomic mass is 32.2. The number of rotatable bonds is 5. The van der Waals surface area contributed by atoms with Crippen molar-refractivity contribution in [2.24, 2.45) is 5.92 Å². The van der Waals surface area contributed by atoms with Crippen molar-refractivity contribution in [1.29, 1.82) is 0 Å². The number of benzene rings is 2. The molecule has 0 bridgehead atoms. The van der Waals surface area contributed by atoms with Gasteiger partial charge in [0.2, 0.25) is 10.0 Å². The Balaban J connectivity index is 1.69. The smallest absolute Gasteiger partial charge is 0.243 e. The van der Waals surface area contributed by atoms with Crippen LogP contribution < -0.4 is 4.74 Å². The van der Waals surface area contributed by atoms with Crippen LogP contribution in [0.15, 0.2) is 47.4 Å². The van der Waals surface area contributed by atoms with E-state index >= 15 is 0 Å². The van der Waals surface area contributed by atoms with Gasteiger partial charge in [0.1, 0.15) is 11.6 Å². The molecule has 0 spiro atoms. The van der Waals surface area contributed by atoms with E-state index in [0.717, 1.165) is 6.07 Å². The van der Waals surface area contributed by atoms with E-state index in [4.69, 9.17) is 4.74 Å². The van der Waals surface area contributed by atoms with Gasteiger partial charge in [-0.2, -0.15) is 4.31 Å². The maximum Gasteiger partial charge on any atom is 0.243 e. The second kappa shape index (κ2) is 7.78. The molecular weight excluding hydrogens is 369 g/mol. The molecule has 0 radical (unpaired) electrons. The molecule has 1 saturated heterocycles. The molecule has 0 unspecified atom stereocenters. The van der Waals surface area contributed by atoms with Gasteiger partial charge in [-0.15, -0.1) is 0 Å². The summed E-state index contributed by atoms with van der Waals surface area (Å²) in [5, 5.41) is 0. The lowest BCUT2D eigenvalue weighted by Crippen LogP contribution is -2.40. The van der Waals surface area contributed by atoms with Crippen molar-refractivity contribution in [2.75, 3.05) is 20.2 Å². The molecule has 1 aliphatic heterocycles. The summed E-state index contributed by atoms with van der Waals surface area (Å²) in [5.74, 6) is 0.0317. The summed E-state index contributed by atoms with van der Waals surface area (Å²) >= 11 is 0. The van der Waals surface area contributed by atoms with Crippen LogP contribution in [0.1, 0.15) is 28.8 Å². The summed E-state index contributed by atoms with van der Waals surface area (Å²) in [7, 11) is -2.13. The zero-order chi connectivity index (χ0) is 19.6. The van der Waals surface area contributed by atoms with Crippen molar-refractivity contribution < 1.29 is 22.3 Å². The van der Waals surface area contributed by atoms with E-state index in [1.165, 1.54) is 16.4 Å². The molecule has 0 aliphatic carbocycles. The highest BCUT2D eigenvalue weighted by Crippen LogP contribution is 2.28. The lowest BCUT2D eigenvalue weighted by Gasteiger charge is -2.31. The highest BCUT2D eigenvalue weighted by Gasteiger charge is 2.33. The van der Waals surface area contributed by atoms with Gasteiger partial charge >= 0.3 is 0 Å². The molecule has 1 aliphatic rings. The third-order valence-electron chi connectivity index (χ3n) is 4.95. The molecule has 0 atom stereocenters. The molecule has 2 aromatic carbocycles. The second-order valence-electron chi connectivity index (χ2n) is 6.68. The van der Waals surface area contributed by atoms with Crippen LogP contribution in [0, 0.1) is 18.7 Å². The Labute approximate surface area is 158 Å². The van der Waals surface area contributed by atoms with Crippen LogP contribution in [0.4, 0.5) is 4.39 Å². The maximum absolute atomic E-state index is 13.3. The molecule has 2 aromatic rings. The molecule has 0 aromatic heterocycles. The molecule has 0 amide bonds. The first kappa shape index (κ1) is 19.5. The van der Waals surface area contributed by atoms with Crippen molar-refractivity contribution in [1.82, 2.24) is 4.31 Å². The molecule has 7 heteroatoms. The third-order valence-corrected chi connectivity index (χ3v) is 7.01. The number of nitrogens with zero attached hydrogens (tertiary/aromatic N) is 1. The van der Waals surface area contributed by atoms with Gasteiger partial charge in [-0.05, 0) is 67.8 Å². The number of Topliss-reactive ketones (excluding diaryl/α,β-unsaturated/α-hetero) is 1. The third kappa shape index (κ3) is 4.04. The van der Waals surface area contributed by atoms with Gasteiger partial charge in [-0.1, -0.05) is 0 Å². The van der Waals surface area contributed by atoms with Crippen LogP contribution in [0.25, 0.3) is 0 Å². The Morgan fingerprint density at radius 3 is 2.30 bits per heavy atom.